The van der Waals surface area contributed by atoms with Gasteiger partial charge in [-0.05, 0) is 118 Å². The van der Waals surface area contributed by atoms with Crippen LogP contribution in [0.25, 0.3) is 21.8 Å². The third-order valence-electron chi connectivity index (χ3n) is 14.3. The van der Waals surface area contributed by atoms with E-state index >= 15 is 0 Å². The fourth-order valence-electron chi connectivity index (χ4n) is 10.5. The molecular formula is C56H66N12. The molecular weight excluding hydrogens is 841 g/mol. The largest absolute Gasteiger partial charge is 0.384 e. The van der Waals surface area contributed by atoms with Crippen LogP contribution >= 0.6 is 0 Å². The number of benzene rings is 4. The Morgan fingerprint density at radius 3 is 1.75 bits per heavy atom. The van der Waals surface area contributed by atoms with Crippen LogP contribution in [0.4, 0.5) is 28.8 Å². The van der Waals surface area contributed by atoms with Crippen LogP contribution in [-0.2, 0) is 25.7 Å². The highest BCUT2D eigenvalue weighted by molar-refractivity contribution is 5.87. The molecule has 11 rings (SSSR count). The smallest absolute Gasteiger partial charge is 0.147 e. The molecule has 3 aliphatic rings. The zero-order chi connectivity index (χ0) is 46.6. The maximum Gasteiger partial charge on any atom is 0.147 e. The Hall–Kier alpha value is -6.95. The van der Waals surface area contributed by atoms with Gasteiger partial charge >= 0.3 is 0 Å². The van der Waals surface area contributed by atoms with Crippen molar-refractivity contribution >= 4 is 50.6 Å². The lowest BCUT2D eigenvalue weighted by Gasteiger charge is -2.43. The lowest BCUT2D eigenvalue weighted by Crippen LogP contribution is -2.54. The molecule has 8 aromatic rings. The van der Waals surface area contributed by atoms with Crippen molar-refractivity contribution in [3.05, 3.63) is 156 Å². The Labute approximate surface area is 401 Å². The van der Waals surface area contributed by atoms with Crippen LogP contribution in [0.2, 0.25) is 0 Å². The van der Waals surface area contributed by atoms with E-state index in [2.05, 4.69) is 175 Å². The molecule has 2 aliphatic heterocycles. The van der Waals surface area contributed by atoms with Crippen molar-refractivity contribution in [1.29, 1.82) is 0 Å². The molecule has 0 amide bonds. The van der Waals surface area contributed by atoms with Gasteiger partial charge in [-0.3, -0.25) is 14.3 Å². The van der Waals surface area contributed by atoms with Gasteiger partial charge in [-0.1, -0.05) is 80.6 Å². The predicted molar refractivity (Wildman–Crippen MR) is 279 cm³/mol. The van der Waals surface area contributed by atoms with E-state index in [1.54, 1.807) is 12.4 Å². The van der Waals surface area contributed by atoms with Crippen molar-refractivity contribution in [1.82, 2.24) is 34.5 Å². The second-order valence-corrected chi connectivity index (χ2v) is 19.0. The molecule has 350 valence electrons. The highest BCUT2D eigenvalue weighted by Gasteiger charge is 2.31. The number of hydrogen-bond donors (Lipinski definition) is 1. The number of hydrogen-bond acceptors (Lipinski definition) is 10. The second kappa shape index (κ2) is 20.1. The fourth-order valence-corrected chi connectivity index (χ4v) is 10.5. The van der Waals surface area contributed by atoms with Gasteiger partial charge in [0.25, 0.3) is 0 Å². The number of fused-ring (bicyclic) bond motifs is 2. The second-order valence-electron chi connectivity index (χ2n) is 19.0. The van der Waals surface area contributed by atoms with E-state index in [0.29, 0.717) is 30.0 Å². The van der Waals surface area contributed by atoms with Crippen molar-refractivity contribution in [3.63, 3.8) is 0 Å². The topological polar surface area (TPSA) is 113 Å². The summed E-state index contributed by atoms with van der Waals surface area (Å²) in [5.41, 5.74) is 16.2. The first kappa shape index (κ1) is 44.9. The normalized spacial score (nSPS) is 17.7. The van der Waals surface area contributed by atoms with Gasteiger partial charge in [0, 0.05) is 79.9 Å². The Bertz CT molecular complexity index is 2910. The van der Waals surface area contributed by atoms with E-state index in [4.69, 9.17) is 15.9 Å². The molecule has 68 heavy (non-hydrogen) atoms. The molecule has 2 saturated heterocycles. The van der Waals surface area contributed by atoms with Crippen molar-refractivity contribution < 1.29 is 0 Å². The molecule has 1 aliphatic carbocycles. The lowest BCUT2D eigenvalue weighted by atomic mass is 9.93. The van der Waals surface area contributed by atoms with Crippen molar-refractivity contribution in [2.24, 2.45) is 0 Å². The summed E-state index contributed by atoms with van der Waals surface area (Å²) < 4.78 is 4.49. The summed E-state index contributed by atoms with van der Waals surface area (Å²) in [6, 6.07) is 42.8. The number of aryl methyl sites for hydroxylation is 2. The van der Waals surface area contributed by atoms with E-state index in [1.165, 1.54) is 75.0 Å². The molecule has 0 bridgehead atoms. The minimum Gasteiger partial charge on any atom is -0.384 e. The maximum atomic E-state index is 6.05. The standard InChI is InChI=1S/C29H34N6.C27H32N6/c1-2-26-25-15-14-23(19-27(25)35(32-26)22-10-6-11-22)33-16-17-34(29-13-7-12-28(30)31-29)24(20-33)18-21-8-4-3-5-9-21;1-4-25-24-11-10-22(17-26(24)33(30-25)20(2)3)31-14-15-32(27-18-28-12-13-29-27)23(19-31)16-21-8-6-5-7-9-21/h3-5,7-9,12-15,19,22,24H,2,6,10-11,16-18,20H2,1H3,(H2,30,31);5-13,17-18,20,23H,4,14-16,19H2,1-3H3/t24-;23-/m00/s1. The third-order valence-corrected chi connectivity index (χ3v) is 14.3. The molecule has 12 heteroatoms. The summed E-state index contributed by atoms with van der Waals surface area (Å²) in [4.78, 5) is 23.5. The van der Waals surface area contributed by atoms with Gasteiger partial charge in [-0.15, -0.1) is 0 Å². The quantitative estimate of drug-likeness (QED) is 0.127. The number of nitrogens with two attached hydrogens (primary N) is 1. The van der Waals surface area contributed by atoms with E-state index < -0.39 is 0 Å². The van der Waals surface area contributed by atoms with Gasteiger partial charge in [0.15, 0.2) is 0 Å². The van der Waals surface area contributed by atoms with E-state index in [0.717, 1.165) is 76.6 Å². The number of nitrogens with zero attached hydrogens (tertiary/aromatic N) is 11. The van der Waals surface area contributed by atoms with Gasteiger partial charge < -0.3 is 25.3 Å². The molecule has 2 N–H and O–H groups in total. The van der Waals surface area contributed by atoms with Crippen LogP contribution in [0.15, 0.2) is 134 Å². The summed E-state index contributed by atoms with van der Waals surface area (Å²) >= 11 is 0. The molecule has 4 aromatic heterocycles. The lowest BCUT2D eigenvalue weighted by molar-refractivity contribution is 0.296. The number of rotatable bonds is 12. The summed E-state index contributed by atoms with van der Waals surface area (Å²) in [6.07, 6.45) is 13.1. The Kier molecular flexibility index (Phi) is 13.3. The average molecular weight is 907 g/mol. The van der Waals surface area contributed by atoms with Crippen LogP contribution < -0.4 is 25.3 Å². The summed E-state index contributed by atoms with van der Waals surface area (Å²) in [7, 11) is 0. The van der Waals surface area contributed by atoms with Crippen LogP contribution in [0, 0.1) is 0 Å². The minimum absolute atomic E-state index is 0.305. The van der Waals surface area contributed by atoms with E-state index in [-0.39, 0.29) is 0 Å². The van der Waals surface area contributed by atoms with E-state index in [9.17, 15) is 0 Å². The van der Waals surface area contributed by atoms with Gasteiger partial charge in [0.2, 0.25) is 0 Å². The molecule has 12 nitrogen and oxygen atoms in total. The van der Waals surface area contributed by atoms with Crippen LogP contribution in [0.5, 0.6) is 0 Å². The third kappa shape index (κ3) is 9.46. The molecule has 0 spiro atoms. The first-order valence-electron chi connectivity index (χ1n) is 24.9. The predicted octanol–water partition coefficient (Wildman–Crippen LogP) is 10.1. The monoisotopic (exact) mass is 907 g/mol. The maximum absolute atomic E-state index is 6.05. The van der Waals surface area contributed by atoms with Crippen molar-refractivity contribution in [2.75, 3.05) is 64.6 Å². The van der Waals surface area contributed by atoms with Crippen LogP contribution in [-0.4, -0.2) is 85.9 Å². The van der Waals surface area contributed by atoms with Gasteiger partial charge in [-0.2, -0.15) is 10.2 Å². The Balaban J connectivity index is 0.000000159. The first-order chi connectivity index (χ1) is 33.3. The molecule has 2 atom stereocenters. The number of aromatic nitrogens is 7. The zero-order valence-corrected chi connectivity index (χ0v) is 40.2. The fraction of sp³-hybridized carbons (Fsp3) is 0.375. The summed E-state index contributed by atoms with van der Waals surface area (Å²) in [5.74, 6) is 2.50. The molecule has 3 fully saturated rings. The average Bonchev–Trinajstić information content (AvgIpc) is 3.92. The number of pyridine rings is 1. The minimum atomic E-state index is 0.305. The first-order valence-corrected chi connectivity index (χ1v) is 24.9. The Morgan fingerprint density at radius 2 is 1.21 bits per heavy atom. The van der Waals surface area contributed by atoms with Crippen LogP contribution in [0.3, 0.4) is 0 Å². The van der Waals surface area contributed by atoms with Crippen LogP contribution in [0.1, 0.15) is 81.6 Å². The highest BCUT2D eigenvalue weighted by Crippen LogP contribution is 2.37. The molecule has 0 radical (unpaired) electrons. The summed E-state index contributed by atoms with van der Waals surface area (Å²) in [6.45, 7) is 14.4. The van der Waals surface area contributed by atoms with Crippen molar-refractivity contribution in [3.8, 4) is 0 Å². The molecule has 4 aromatic carbocycles. The van der Waals surface area contributed by atoms with Gasteiger partial charge in [0.1, 0.15) is 17.5 Å². The Morgan fingerprint density at radius 1 is 0.618 bits per heavy atom. The zero-order valence-electron chi connectivity index (χ0n) is 40.2. The van der Waals surface area contributed by atoms with Gasteiger partial charge in [-0.25, -0.2) is 9.97 Å². The summed E-state index contributed by atoms with van der Waals surface area (Å²) in [5, 5.41) is 12.5. The number of nitrogen functional groups attached to an aromatic ring is 1. The van der Waals surface area contributed by atoms with Gasteiger partial charge in [0.05, 0.1) is 46.7 Å². The highest BCUT2D eigenvalue weighted by atomic mass is 15.3. The van der Waals surface area contributed by atoms with E-state index in [1.807, 2.05) is 18.3 Å². The SMILES string of the molecule is CCc1nn(C(C)C)c2cc(N3CCN(c4cnccn4)[C@@H](Cc4ccccc4)C3)ccc12.CCc1nn(C2CCC2)c2cc(N3CCN(c4cccc(N)n4)[C@@H](Cc4ccccc4)C3)ccc12. The number of anilines is 5. The molecule has 6 heterocycles. The molecule has 0 unspecified atom stereocenters. The van der Waals surface area contributed by atoms with Crippen molar-refractivity contribution in [2.45, 2.75) is 96.8 Å². The number of piperazine rings is 2. The molecule has 1 saturated carbocycles.